The van der Waals surface area contributed by atoms with Crippen LogP contribution in [0.1, 0.15) is 29.4 Å². The Labute approximate surface area is 195 Å². The van der Waals surface area contributed by atoms with Crippen LogP contribution in [0.3, 0.4) is 0 Å². The fourth-order valence-corrected chi connectivity index (χ4v) is 4.03. The molecule has 12 heteroatoms. The number of pyridine rings is 1. The number of carbonyl (C=O) groups is 1. The molecule has 176 valence electrons. The van der Waals surface area contributed by atoms with Gasteiger partial charge in [0, 0.05) is 39.7 Å². The Balaban J connectivity index is 1.56. The summed E-state index contributed by atoms with van der Waals surface area (Å²) in [5, 5.41) is 10.7. The number of methoxy groups -OCH3 is 1. The van der Waals surface area contributed by atoms with Gasteiger partial charge in [-0.25, -0.2) is 19.7 Å². The molecule has 0 atom stereocenters. The van der Waals surface area contributed by atoms with E-state index < -0.39 is 5.97 Å². The van der Waals surface area contributed by atoms with E-state index >= 15 is 0 Å². The van der Waals surface area contributed by atoms with Crippen LogP contribution in [0, 0.1) is 0 Å². The Kier molecular flexibility index (Phi) is 5.80. The fraction of sp³-hybridized carbons (Fsp3) is 0.364. The first-order valence-electron chi connectivity index (χ1n) is 10.9. The van der Waals surface area contributed by atoms with E-state index in [1.807, 2.05) is 22.5 Å². The number of esters is 1. The maximum atomic E-state index is 12.7. The lowest BCUT2D eigenvalue weighted by Gasteiger charge is -2.22. The largest absolute Gasteiger partial charge is 0.464 e. The van der Waals surface area contributed by atoms with Gasteiger partial charge in [-0.05, 0) is 12.8 Å². The molecule has 0 unspecified atom stereocenters. The number of aromatic nitrogens is 7. The van der Waals surface area contributed by atoms with Crippen LogP contribution in [-0.2, 0) is 16.5 Å². The van der Waals surface area contributed by atoms with Crippen LogP contribution < -0.4 is 10.6 Å². The van der Waals surface area contributed by atoms with Crippen LogP contribution in [0.2, 0.25) is 0 Å². The third-order valence-corrected chi connectivity index (χ3v) is 5.83. The summed E-state index contributed by atoms with van der Waals surface area (Å²) in [5.74, 6) is 0.108. The predicted molar refractivity (Wildman–Crippen MR) is 125 cm³/mol. The summed E-state index contributed by atoms with van der Waals surface area (Å²) >= 11 is 0. The smallest absolute Gasteiger partial charge is 0.360 e. The molecule has 2 N–H and O–H groups in total. The van der Waals surface area contributed by atoms with Gasteiger partial charge in [0.25, 0.3) is 0 Å². The number of fused-ring (bicyclic) bond motifs is 1. The van der Waals surface area contributed by atoms with E-state index in [4.69, 9.17) is 9.47 Å². The minimum atomic E-state index is -0.614. The number of ether oxygens (including phenoxy) is 2. The molecule has 0 amide bonds. The van der Waals surface area contributed by atoms with Crippen molar-refractivity contribution in [1.82, 2.24) is 34.3 Å². The summed E-state index contributed by atoms with van der Waals surface area (Å²) in [4.78, 5) is 30.8. The molecule has 12 nitrogen and oxygen atoms in total. The van der Waals surface area contributed by atoms with Gasteiger partial charge in [0.05, 0.1) is 48.6 Å². The Morgan fingerprint density at radius 3 is 2.76 bits per heavy atom. The first kappa shape index (κ1) is 21.8. The van der Waals surface area contributed by atoms with E-state index in [0.29, 0.717) is 28.3 Å². The van der Waals surface area contributed by atoms with Gasteiger partial charge in [0.15, 0.2) is 17.3 Å². The summed E-state index contributed by atoms with van der Waals surface area (Å²) in [6, 6.07) is 0.275. The number of nitrogens with one attached hydrogen (secondary N) is 2. The van der Waals surface area contributed by atoms with Crippen molar-refractivity contribution in [2.24, 2.45) is 7.05 Å². The first-order valence-corrected chi connectivity index (χ1v) is 10.9. The van der Waals surface area contributed by atoms with E-state index in [9.17, 15) is 4.79 Å². The van der Waals surface area contributed by atoms with Gasteiger partial charge in [-0.3, -0.25) is 9.67 Å². The molecule has 4 aromatic heterocycles. The van der Waals surface area contributed by atoms with Crippen molar-refractivity contribution < 1.29 is 14.3 Å². The monoisotopic (exact) mass is 463 g/mol. The molecule has 4 aromatic rings. The van der Waals surface area contributed by atoms with Crippen molar-refractivity contribution in [2.75, 3.05) is 38.0 Å². The van der Waals surface area contributed by atoms with E-state index in [0.717, 1.165) is 31.6 Å². The van der Waals surface area contributed by atoms with Gasteiger partial charge in [-0.2, -0.15) is 5.10 Å². The molecule has 1 saturated heterocycles. The van der Waals surface area contributed by atoms with Crippen LogP contribution in [0.4, 0.5) is 17.3 Å². The van der Waals surface area contributed by atoms with Crippen molar-refractivity contribution >= 4 is 34.3 Å². The van der Waals surface area contributed by atoms with Crippen LogP contribution in [0.15, 0.2) is 31.1 Å². The predicted octanol–water partition coefficient (Wildman–Crippen LogP) is 2.55. The minimum absolute atomic E-state index is 0.0447. The second kappa shape index (κ2) is 9.06. The zero-order valence-electron chi connectivity index (χ0n) is 19.1. The molecule has 0 aliphatic carbocycles. The maximum Gasteiger partial charge on any atom is 0.360 e. The second-order valence-corrected chi connectivity index (χ2v) is 7.95. The third kappa shape index (κ3) is 3.92. The molecule has 34 heavy (non-hydrogen) atoms. The van der Waals surface area contributed by atoms with E-state index in [1.54, 1.807) is 32.0 Å². The molecule has 0 bridgehead atoms. The Bertz CT molecular complexity index is 1340. The number of carbonyl (C=O) groups excluding carboxylic acids is 1. The summed E-state index contributed by atoms with van der Waals surface area (Å²) in [6.45, 7) is 1.44. The summed E-state index contributed by atoms with van der Waals surface area (Å²) in [7, 11) is 4.94. The first-order chi connectivity index (χ1) is 16.6. The lowest BCUT2D eigenvalue weighted by Crippen LogP contribution is -2.19. The average Bonchev–Trinajstić information content (AvgIpc) is 3.50. The van der Waals surface area contributed by atoms with Crippen molar-refractivity contribution in [3.63, 3.8) is 0 Å². The summed E-state index contributed by atoms with van der Waals surface area (Å²) < 4.78 is 14.2. The fourth-order valence-electron chi connectivity index (χ4n) is 4.03. The maximum absolute atomic E-state index is 12.7. The SMILES string of the molecule is CNc1nc(Nc2cnn(C3CCOCC3)c2)c(C(=O)OC)nc1-c1cncc2c1ncn2C. The van der Waals surface area contributed by atoms with Crippen LogP contribution in [0.25, 0.3) is 22.3 Å². The average molecular weight is 464 g/mol. The van der Waals surface area contributed by atoms with Crippen molar-refractivity contribution in [1.29, 1.82) is 0 Å². The molecule has 5 rings (SSSR count). The van der Waals surface area contributed by atoms with Gasteiger partial charge in [-0.1, -0.05) is 0 Å². The lowest BCUT2D eigenvalue weighted by molar-refractivity contribution is 0.0595. The standard InChI is InChI=1S/C22H25N9O3/c1-23-20-18(15-9-24-10-16-17(15)25-12-30(16)2)28-19(22(32)33-3)21(29-20)27-13-8-26-31(11-13)14-4-6-34-7-5-14/h8-12,14H,4-7H2,1-3H3,(H2,23,27,29). The van der Waals surface area contributed by atoms with E-state index in [-0.39, 0.29) is 17.6 Å². The molecule has 0 aromatic carbocycles. The molecule has 0 saturated carbocycles. The molecule has 1 fully saturated rings. The highest BCUT2D eigenvalue weighted by Gasteiger charge is 2.24. The van der Waals surface area contributed by atoms with Crippen molar-refractivity contribution in [3.05, 3.63) is 36.8 Å². The van der Waals surface area contributed by atoms with Gasteiger partial charge in [-0.15, -0.1) is 0 Å². The Morgan fingerprint density at radius 1 is 1.18 bits per heavy atom. The molecule has 0 spiro atoms. The molecular formula is C22H25N9O3. The van der Waals surface area contributed by atoms with Crippen LogP contribution in [0.5, 0.6) is 0 Å². The van der Waals surface area contributed by atoms with Gasteiger partial charge >= 0.3 is 5.97 Å². The van der Waals surface area contributed by atoms with Crippen LogP contribution in [-0.4, -0.2) is 67.6 Å². The Hall–Kier alpha value is -4.06. The van der Waals surface area contributed by atoms with E-state index in [1.165, 1.54) is 7.11 Å². The third-order valence-electron chi connectivity index (χ3n) is 5.83. The number of imidazole rings is 1. The zero-order valence-corrected chi connectivity index (χ0v) is 19.1. The molecule has 5 heterocycles. The van der Waals surface area contributed by atoms with Gasteiger partial charge in [0.1, 0.15) is 11.2 Å². The summed E-state index contributed by atoms with van der Waals surface area (Å²) in [6.07, 6.45) is 10.5. The zero-order chi connectivity index (χ0) is 23.7. The highest BCUT2D eigenvalue weighted by Crippen LogP contribution is 2.33. The Morgan fingerprint density at radius 2 is 2.00 bits per heavy atom. The number of hydrogen-bond acceptors (Lipinski definition) is 10. The van der Waals surface area contributed by atoms with Crippen LogP contribution >= 0.6 is 0 Å². The highest BCUT2D eigenvalue weighted by molar-refractivity contribution is 5.97. The van der Waals surface area contributed by atoms with E-state index in [2.05, 4.69) is 35.7 Å². The number of anilines is 3. The summed E-state index contributed by atoms with van der Waals surface area (Å²) in [5.41, 5.74) is 3.38. The topological polar surface area (TPSA) is 134 Å². The molecule has 1 aliphatic rings. The molecule has 0 radical (unpaired) electrons. The minimum Gasteiger partial charge on any atom is -0.464 e. The quantitative estimate of drug-likeness (QED) is 0.411. The number of aryl methyl sites for hydroxylation is 1. The highest BCUT2D eigenvalue weighted by atomic mass is 16.5. The normalized spacial score (nSPS) is 14.3. The van der Waals surface area contributed by atoms with Gasteiger partial charge in [0.2, 0.25) is 0 Å². The molecular weight excluding hydrogens is 438 g/mol. The van der Waals surface area contributed by atoms with Gasteiger partial charge < -0.3 is 24.7 Å². The number of hydrogen-bond donors (Lipinski definition) is 2. The van der Waals surface area contributed by atoms with Crippen molar-refractivity contribution in [3.8, 4) is 11.3 Å². The number of rotatable bonds is 6. The second-order valence-electron chi connectivity index (χ2n) is 7.95. The lowest BCUT2D eigenvalue weighted by atomic mass is 10.1. The van der Waals surface area contributed by atoms with Crippen molar-refractivity contribution in [2.45, 2.75) is 18.9 Å². The number of nitrogens with zero attached hydrogens (tertiary/aromatic N) is 7. The molecule has 1 aliphatic heterocycles.